The fourth-order valence-electron chi connectivity index (χ4n) is 4.82. The second-order valence-electron chi connectivity index (χ2n) is 8.52. The summed E-state index contributed by atoms with van der Waals surface area (Å²) in [6.45, 7) is 5.10. The summed E-state index contributed by atoms with van der Waals surface area (Å²) in [5.74, 6) is -1.17. The van der Waals surface area contributed by atoms with E-state index in [-0.39, 0.29) is 22.8 Å². The summed E-state index contributed by atoms with van der Waals surface area (Å²) >= 11 is 0. The quantitative estimate of drug-likeness (QED) is 0.643. The first-order valence-electron chi connectivity index (χ1n) is 10.2. The van der Waals surface area contributed by atoms with Crippen molar-refractivity contribution >= 4 is 5.91 Å². The van der Waals surface area contributed by atoms with Crippen molar-refractivity contribution in [2.24, 2.45) is 5.41 Å². The van der Waals surface area contributed by atoms with E-state index < -0.39 is 11.6 Å². The van der Waals surface area contributed by atoms with Gasteiger partial charge in [-0.1, -0.05) is 30.3 Å². The molecule has 1 unspecified atom stereocenters. The highest BCUT2D eigenvalue weighted by molar-refractivity contribution is 5.94. The molecule has 1 atom stereocenters. The molecule has 2 fully saturated rings. The maximum absolute atomic E-state index is 13.6. The molecule has 0 radical (unpaired) electrons. The summed E-state index contributed by atoms with van der Waals surface area (Å²) in [6.07, 6.45) is 0. The summed E-state index contributed by atoms with van der Waals surface area (Å²) in [5.41, 5.74) is 1.16. The van der Waals surface area contributed by atoms with Crippen LogP contribution in [-0.2, 0) is 6.54 Å². The molecule has 0 aliphatic carbocycles. The standard InChI is InChI=1S/C23H22F2N4O2/c1-15-26-27-21(31-15)18-11-28(10-16-5-3-2-4-6-16)12-23(18)13-29(14-23)22(30)17-7-8-19(24)20(25)9-17/h2-9,18H,10-14H2,1H3. The molecule has 2 aliphatic rings. The van der Waals surface area contributed by atoms with Crippen LogP contribution in [0.15, 0.2) is 52.9 Å². The molecule has 2 aromatic carbocycles. The first-order valence-corrected chi connectivity index (χ1v) is 10.2. The molecule has 8 heteroatoms. The number of rotatable bonds is 4. The van der Waals surface area contributed by atoms with E-state index in [0.29, 0.717) is 24.9 Å². The SMILES string of the molecule is Cc1nnc(C2CN(Cc3ccccc3)CC23CN(C(=O)c2ccc(F)c(F)c2)C3)o1. The topological polar surface area (TPSA) is 62.5 Å². The Hall–Kier alpha value is -3.13. The Kier molecular flexibility index (Phi) is 4.81. The highest BCUT2D eigenvalue weighted by atomic mass is 19.2. The Morgan fingerprint density at radius 1 is 1.10 bits per heavy atom. The molecule has 1 amide bonds. The van der Waals surface area contributed by atoms with Gasteiger partial charge in [0.1, 0.15) is 0 Å². The van der Waals surface area contributed by atoms with Crippen LogP contribution in [0.5, 0.6) is 0 Å². The summed E-state index contributed by atoms with van der Waals surface area (Å²) < 4.78 is 32.6. The number of benzene rings is 2. The Balaban J connectivity index is 1.35. The van der Waals surface area contributed by atoms with Crippen molar-refractivity contribution in [1.82, 2.24) is 20.0 Å². The fraction of sp³-hybridized carbons (Fsp3) is 0.348. The second kappa shape index (κ2) is 7.53. The number of halogens is 2. The number of nitrogens with zero attached hydrogens (tertiary/aromatic N) is 4. The Labute approximate surface area is 178 Å². The average Bonchev–Trinajstić information content (AvgIpc) is 3.33. The maximum atomic E-state index is 13.6. The van der Waals surface area contributed by atoms with E-state index in [4.69, 9.17) is 4.42 Å². The van der Waals surface area contributed by atoms with Gasteiger partial charge in [-0.2, -0.15) is 0 Å². The minimum absolute atomic E-state index is 0.00594. The zero-order valence-electron chi connectivity index (χ0n) is 17.1. The number of carbonyl (C=O) groups is 1. The van der Waals surface area contributed by atoms with Crippen LogP contribution < -0.4 is 0 Å². The van der Waals surface area contributed by atoms with Gasteiger partial charge in [-0.05, 0) is 23.8 Å². The third-order valence-corrected chi connectivity index (χ3v) is 6.27. The molecule has 6 nitrogen and oxygen atoms in total. The minimum Gasteiger partial charge on any atom is -0.425 e. The Morgan fingerprint density at radius 3 is 2.55 bits per heavy atom. The first kappa shape index (κ1) is 19.8. The van der Waals surface area contributed by atoms with Crippen LogP contribution in [0.3, 0.4) is 0 Å². The molecular weight excluding hydrogens is 402 g/mol. The number of amides is 1. The van der Waals surface area contributed by atoms with Crippen LogP contribution in [0.4, 0.5) is 8.78 Å². The average molecular weight is 424 g/mol. The molecule has 1 aromatic heterocycles. The van der Waals surface area contributed by atoms with E-state index in [9.17, 15) is 13.6 Å². The molecule has 2 aliphatic heterocycles. The van der Waals surface area contributed by atoms with Gasteiger partial charge in [0.2, 0.25) is 11.8 Å². The summed E-state index contributed by atoms with van der Waals surface area (Å²) in [7, 11) is 0. The van der Waals surface area contributed by atoms with Crippen LogP contribution in [0.25, 0.3) is 0 Å². The van der Waals surface area contributed by atoms with E-state index >= 15 is 0 Å². The molecule has 0 bridgehead atoms. The van der Waals surface area contributed by atoms with Gasteiger partial charge in [-0.3, -0.25) is 9.69 Å². The minimum atomic E-state index is -1.02. The fourth-order valence-corrected chi connectivity index (χ4v) is 4.82. The molecular formula is C23H22F2N4O2. The lowest BCUT2D eigenvalue weighted by Crippen LogP contribution is -2.61. The molecule has 2 saturated heterocycles. The number of aromatic nitrogens is 2. The van der Waals surface area contributed by atoms with Crippen molar-refractivity contribution in [3.63, 3.8) is 0 Å². The van der Waals surface area contributed by atoms with Crippen LogP contribution in [0.1, 0.15) is 33.6 Å². The molecule has 0 N–H and O–H groups in total. The normalized spacial score (nSPS) is 20.2. The number of carbonyl (C=O) groups excluding carboxylic acids is 1. The molecule has 1 spiro atoms. The van der Waals surface area contributed by atoms with Gasteiger partial charge in [0.05, 0.1) is 5.92 Å². The van der Waals surface area contributed by atoms with Gasteiger partial charge in [0.25, 0.3) is 5.91 Å². The number of likely N-dealkylation sites (tertiary alicyclic amines) is 2. The molecule has 160 valence electrons. The first-order chi connectivity index (χ1) is 14.9. The summed E-state index contributed by atoms with van der Waals surface area (Å²) in [5, 5.41) is 8.25. The third kappa shape index (κ3) is 3.61. The van der Waals surface area contributed by atoms with Crippen molar-refractivity contribution in [2.75, 3.05) is 26.2 Å². The molecule has 0 saturated carbocycles. The van der Waals surface area contributed by atoms with Gasteiger partial charge in [-0.25, -0.2) is 8.78 Å². The van der Waals surface area contributed by atoms with Gasteiger partial charge in [-0.15, -0.1) is 10.2 Å². The highest BCUT2D eigenvalue weighted by Gasteiger charge is 2.57. The maximum Gasteiger partial charge on any atom is 0.254 e. The zero-order valence-corrected chi connectivity index (χ0v) is 17.1. The summed E-state index contributed by atoms with van der Waals surface area (Å²) in [6, 6.07) is 13.5. The lowest BCUT2D eigenvalue weighted by molar-refractivity contribution is -0.000681. The van der Waals surface area contributed by atoms with Crippen molar-refractivity contribution in [2.45, 2.75) is 19.4 Å². The van der Waals surface area contributed by atoms with E-state index in [1.54, 1.807) is 11.8 Å². The van der Waals surface area contributed by atoms with Gasteiger partial charge in [0.15, 0.2) is 11.6 Å². The van der Waals surface area contributed by atoms with E-state index in [1.807, 2.05) is 18.2 Å². The third-order valence-electron chi connectivity index (χ3n) is 6.27. The summed E-state index contributed by atoms with van der Waals surface area (Å²) in [4.78, 5) is 16.8. The molecule has 3 heterocycles. The predicted molar refractivity (Wildman–Crippen MR) is 108 cm³/mol. The zero-order chi connectivity index (χ0) is 21.6. The van der Waals surface area contributed by atoms with Crippen molar-refractivity contribution in [1.29, 1.82) is 0 Å². The highest BCUT2D eigenvalue weighted by Crippen LogP contribution is 2.49. The van der Waals surface area contributed by atoms with Gasteiger partial charge < -0.3 is 9.32 Å². The lowest BCUT2D eigenvalue weighted by atomic mass is 9.71. The van der Waals surface area contributed by atoms with Gasteiger partial charge >= 0.3 is 0 Å². The van der Waals surface area contributed by atoms with Crippen molar-refractivity contribution < 1.29 is 18.0 Å². The molecule has 3 aromatic rings. The van der Waals surface area contributed by atoms with E-state index in [0.717, 1.165) is 31.8 Å². The van der Waals surface area contributed by atoms with Crippen molar-refractivity contribution in [3.05, 3.63) is 83.1 Å². The Bertz CT molecular complexity index is 1110. The Morgan fingerprint density at radius 2 is 1.87 bits per heavy atom. The van der Waals surface area contributed by atoms with Crippen LogP contribution in [-0.4, -0.2) is 52.1 Å². The van der Waals surface area contributed by atoms with Crippen LogP contribution in [0.2, 0.25) is 0 Å². The van der Waals surface area contributed by atoms with Crippen LogP contribution >= 0.6 is 0 Å². The van der Waals surface area contributed by atoms with Crippen molar-refractivity contribution in [3.8, 4) is 0 Å². The predicted octanol–water partition coefficient (Wildman–Crippen LogP) is 3.40. The molecule has 5 rings (SSSR count). The van der Waals surface area contributed by atoms with E-state index in [1.165, 1.54) is 11.6 Å². The van der Waals surface area contributed by atoms with Gasteiger partial charge in [0, 0.05) is 50.6 Å². The van der Waals surface area contributed by atoms with E-state index in [2.05, 4.69) is 27.2 Å². The lowest BCUT2D eigenvalue weighted by Gasteiger charge is -2.50. The number of hydrogen-bond acceptors (Lipinski definition) is 5. The smallest absolute Gasteiger partial charge is 0.254 e. The second-order valence-corrected chi connectivity index (χ2v) is 8.52. The monoisotopic (exact) mass is 424 g/mol. The number of hydrogen-bond donors (Lipinski definition) is 0. The largest absolute Gasteiger partial charge is 0.425 e. The molecule has 31 heavy (non-hydrogen) atoms. The number of aryl methyl sites for hydroxylation is 1. The van der Waals surface area contributed by atoms with Crippen LogP contribution in [0, 0.1) is 24.0 Å².